The Kier molecular flexibility index (Phi) is 7.29. The Labute approximate surface area is 144 Å². The Morgan fingerprint density at radius 3 is 2.04 bits per heavy atom. The molecule has 0 fully saturated rings. The van der Waals surface area contributed by atoms with Crippen molar-refractivity contribution in [1.82, 2.24) is 5.32 Å². The summed E-state index contributed by atoms with van der Waals surface area (Å²) in [6.45, 7) is 18.6. The molecule has 0 aromatic heterocycles. The van der Waals surface area contributed by atoms with Crippen molar-refractivity contribution in [1.29, 1.82) is 0 Å². The van der Waals surface area contributed by atoms with E-state index in [4.69, 9.17) is 4.74 Å². The average molecular weight is 320 g/mol. The standard InChI is InChI=1S/C21H37NO/c1-19(2,3)22-14-13-20(4,5)16-21(6,7)17-23-15-18-11-9-8-10-12-18/h8-12,22H,13-17H2,1-7H3. The molecule has 0 aliphatic carbocycles. The van der Waals surface area contributed by atoms with Crippen LogP contribution >= 0.6 is 0 Å². The third kappa shape index (κ3) is 9.78. The third-order valence-corrected chi connectivity index (χ3v) is 4.02. The second-order valence-electron chi connectivity index (χ2n) is 9.41. The van der Waals surface area contributed by atoms with Crippen LogP contribution in [0.15, 0.2) is 30.3 Å². The first-order valence-corrected chi connectivity index (χ1v) is 8.86. The van der Waals surface area contributed by atoms with Gasteiger partial charge >= 0.3 is 0 Å². The maximum atomic E-state index is 5.97. The minimum Gasteiger partial charge on any atom is -0.376 e. The molecule has 1 aromatic carbocycles. The Bertz CT molecular complexity index is 443. The summed E-state index contributed by atoms with van der Waals surface area (Å²) in [5.41, 5.74) is 1.96. The number of rotatable bonds is 9. The molecule has 0 heterocycles. The number of benzene rings is 1. The molecule has 0 saturated heterocycles. The summed E-state index contributed by atoms with van der Waals surface area (Å²) in [5, 5.41) is 3.60. The molecule has 132 valence electrons. The van der Waals surface area contributed by atoms with E-state index in [1.165, 1.54) is 18.4 Å². The first kappa shape index (κ1) is 20.2. The fraction of sp³-hybridized carbons (Fsp3) is 0.714. The van der Waals surface area contributed by atoms with E-state index in [9.17, 15) is 0 Å². The number of hydrogen-bond acceptors (Lipinski definition) is 2. The average Bonchev–Trinajstić information content (AvgIpc) is 2.36. The lowest BCUT2D eigenvalue weighted by molar-refractivity contribution is 0.0259. The Morgan fingerprint density at radius 1 is 0.870 bits per heavy atom. The monoisotopic (exact) mass is 319 g/mol. The summed E-state index contributed by atoms with van der Waals surface area (Å²) < 4.78 is 5.97. The molecule has 0 saturated carbocycles. The summed E-state index contributed by atoms with van der Waals surface area (Å²) >= 11 is 0. The van der Waals surface area contributed by atoms with Gasteiger partial charge in [0.05, 0.1) is 13.2 Å². The van der Waals surface area contributed by atoms with Crippen LogP contribution in [0.5, 0.6) is 0 Å². The van der Waals surface area contributed by atoms with Crippen molar-refractivity contribution in [2.45, 2.75) is 73.5 Å². The van der Waals surface area contributed by atoms with Gasteiger partial charge in [0.15, 0.2) is 0 Å². The normalized spacial score (nSPS) is 13.3. The Morgan fingerprint density at radius 2 is 1.48 bits per heavy atom. The van der Waals surface area contributed by atoms with Gasteiger partial charge < -0.3 is 10.1 Å². The highest BCUT2D eigenvalue weighted by Crippen LogP contribution is 2.36. The molecule has 0 atom stereocenters. The Balaban J connectivity index is 2.37. The van der Waals surface area contributed by atoms with Gasteiger partial charge in [0.1, 0.15) is 0 Å². The maximum Gasteiger partial charge on any atom is 0.0717 e. The van der Waals surface area contributed by atoms with Crippen molar-refractivity contribution < 1.29 is 4.74 Å². The highest BCUT2D eigenvalue weighted by atomic mass is 16.5. The zero-order chi connectivity index (χ0) is 17.6. The van der Waals surface area contributed by atoms with E-state index < -0.39 is 0 Å². The van der Waals surface area contributed by atoms with Gasteiger partial charge in [-0.1, -0.05) is 58.0 Å². The second-order valence-corrected chi connectivity index (χ2v) is 9.41. The molecule has 2 nitrogen and oxygen atoms in total. The lowest BCUT2D eigenvalue weighted by Crippen LogP contribution is -2.38. The van der Waals surface area contributed by atoms with Crippen molar-refractivity contribution in [3.8, 4) is 0 Å². The van der Waals surface area contributed by atoms with Gasteiger partial charge in [0.2, 0.25) is 0 Å². The molecule has 0 spiro atoms. The van der Waals surface area contributed by atoms with E-state index in [1.54, 1.807) is 0 Å². The van der Waals surface area contributed by atoms with E-state index in [-0.39, 0.29) is 11.0 Å². The summed E-state index contributed by atoms with van der Waals surface area (Å²) in [7, 11) is 0. The smallest absolute Gasteiger partial charge is 0.0717 e. The van der Waals surface area contributed by atoms with Crippen LogP contribution in [0.25, 0.3) is 0 Å². The zero-order valence-corrected chi connectivity index (χ0v) is 16.3. The van der Waals surface area contributed by atoms with Gasteiger partial charge in [-0.3, -0.25) is 0 Å². The van der Waals surface area contributed by atoms with E-state index in [1.807, 2.05) is 6.07 Å². The van der Waals surface area contributed by atoms with Gasteiger partial charge in [0, 0.05) is 5.54 Å². The first-order valence-electron chi connectivity index (χ1n) is 8.86. The summed E-state index contributed by atoms with van der Waals surface area (Å²) in [6.07, 6.45) is 2.35. The quantitative estimate of drug-likeness (QED) is 0.656. The highest BCUT2D eigenvalue weighted by Gasteiger charge is 2.29. The number of hydrogen-bond donors (Lipinski definition) is 1. The second kappa shape index (κ2) is 8.30. The van der Waals surface area contributed by atoms with Gasteiger partial charge in [0.25, 0.3) is 0 Å². The minimum atomic E-state index is 0.194. The topological polar surface area (TPSA) is 21.3 Å². The SMILES string of the molecule is CC(C)(CCNC(C)(C)C)CC(C)(C)COCc1ccccc1. The van der Waals surface area contributed by atoms with Crippen LogP contribution in [-0.2, 0) is 11.3 Å². The fourth-order valence-electron chi connectivity index (χ4n) is 3.23. The summed E-state index contributed by atoms with van der Waals surface area (Å²) in [6, 6.07) is 10.4. The Hall–Kier alpha value is -0.860. The summed E-state index contributed by atoms with van der Waals surface area (Å²) in [5.74, 6) is 0. The van der Waals surface area contributed by atoms with Crippen molar-refractivity contribution in [2.75, 3.05) is 13.2 Å². The minimum absolute atomic E-state index is 0.194. The van der Waals surface area contributed by atoms with Crippen molar-refractivity contribution >= 4 is 0 Å². The molecule has 0 bridgehead atoms. The van der Waals surface area contributed by atoms with E-state index >= 15 is 0 Å². The van der Waals surface area contributed by atoms with Gasteiger partial charge in [-0.25, -0.2) is 0 Å². The number of nitrogens with one attached hydrogen (secondary N) is 1. The number of ether oxygens (including phenoxy) is 1. The molecule has 0 radical (unpaired) electrons. The molecule has 1 N–H and O–H groups in total. The molecule has 2 heteroatoms. The van der Waals surface area contributed by atoms with Crippen molar-refractivity contribution in [2.24, 2.45) is 10.8 Å². The molecule has 23 heavy (non-hydrogen) atoms. The van der Waals surface area contributed by atoms with Crippen LogP contribution in [-0.4, -0.2) is 18.7 Å². The van der Waals surface area contributed by atoms with Crippen LogP contribution in [0.3, 0.4) is 0 Å². The van der Waals surface area contributed by atoms with Crippen molar-refractivity contribution in [3.63, 3.8) is 0 Å². The van der Waals surface area contributed by atoms with Gasteiger partial charge in [-0.2, -0.15) is 0 Å². The highest BCUT2D eigenvalue weighted by molar-refractivity contribution is 5.13. The predicted octanol–water partition coefficient (Wildman–Crippen LogP) is 5.42. The van der Waals surface area contributed by atoms with E-state index in [0.717, 1.165) is 13.2 Å². The lowest BCUT2D eigenvalue weighted by atomic mass is 9.73. The van der Waals surface area contributed by atoms with Gasteiger partial charge in [-0.05, 0) is 56.6 Å². The van der Waals surface area contributed by atoms with Crippen LogP contribution in [0.4, 0.5) is 0 Å². The molecule has 0 aliphatic rings. The maximum absolute atomic E-state index is 5.97. The molecule has 0 unspecified atom stereocenters. The zero-order valence-electron chi connectivity index (χ0n) is 16.3. The molecule has 0 amide bonds. The van der Waals surface area contributed by atoms with Crippen LogP contribution < -0.4 is 5.32 Å². The lowest BCUT2D eigenvalue weighted by Gasteiger charge is -2.35. The molecular formula is C21H37NO. The van der Waals surface area contributed by atoms with Gasteiger partial charge in [-0.15, -0.1) is 0 Å². The molecule has 0 aliphatic heterocycles. The third-order valence-electron chi connectivity index (χ3n) is 4.02. The summed E-state index contributed by atoms with van der Waals surface area (Å²) in [4.78, 5) is 0. The van der Waals surface area contributed by atoms with Crippen LogP contribution in [0.1, 0.15) is 66.9 Å². The van der Waals surface area contributed by atoms with E-state index in [2.05, 4.69) is 78.0 Å². The van der Waals surface area contributed by atoms with Crippen LogP contribution in [0.2, 0.25) is 0 Å². The van der Waals surface area contributed by atoms with E-state index in [0.29, 0.717) is 12.0 Å². The first-order chi connectivity index (χ1) is 10.5. The largest absolute Gasteiger partial charge is 0.376 e. The van der Waals surface area contributed by atoms with Crippen molar-refractivity contribution in [3.05, 3.63) is 35.9 Å². The predicted molar refractivity (Wildman–Crippen MR) is 101 cm³/mol. The molecule has 1 rings (SSSR count). The molecule has 1 aromatic rings. The molecular weight excluding hydrogens is 282 g/mol. The fourth-order valence-corrected chi connectivity index (χ4v) is 3.23. The van der Waals surface area contributed by atoms with Crippen LogP contribution in [0, 0.1) is 10.8 Å².